The first kappa shape index (κ1) is 14.3. The van der Waals surface area contributed by atoms with Crippen molar-refractivity contribution in [2.24, 2.45) is 0 Å². The second-order valence-electron chi connectivity index (χ2n) is 4.47. The van der Waals surface area contributed by atoms with Gasteiger partial charge in [-0.3, -0.25) is 5.10 Å². The molecule has 0 unspecified atom stereocenters. The fourth-order valence-electron chi connectivity index (χ4n) is 1.94. The number of methoxy groups -OCH3 is 1. The SMILES string of the molecule is COC(=O)c1cc(-c2n[nH]c(-c3ccnc(C#N)c3)n2)ccn1. The molecule has 8 nitrogen and oxygen atoms in total. The smallest absolute Gasteiger partial charge is 0.356 e. The highest BCUT2D eigenvalue weighted by Gasteiger charge is 2.12. The lowest BCUT2D eigenvalue weighted by atomic mass is 10.2. The van der Waals surface area contributed by atoms with E-state index in [1.165, 1.54) is 19.5 Å². The molecule has 0 spiro atoms. The first-order valence-corrected chi connectivity index (χ1v) is 6.55. The van der Waals surface area contributed by atoms with Gasteiger partial charge < -0.3 is 4.74 Å². The van der Waals surface area contributed by atoms with Gasteiger partial charge >= 0.3 is 5.97 Å². The molecule has 3 rings (SSSR count). The molecule has 8 heteroatoms. The van der Waals surface area contributed by atoms with Crippen molar-refractivity contribution in [3.05, 3.63) is 48.0 Å². The third-order valence-corrected chi connectivity index (χ3v) is 3.05. The summed E-state index contributed by atoms with van der Waals surface area (Å²) < 4.78 is 4.64. The van der Waals surface area contributed by atoms with E-state index in [9.17, 15) is 4.79 Å². The van der Waals surface area contributed by atoms with E-state index >= 15 is 0 Å². The highest BCUT2D eigenvalue weighted by Crippen LogP contribution is 2.20. The molecule has 0 aliphatic carbocycles. The Morgan fingerprint density at radius 1 is 1.22 bits per heavy atom. The summed E-state index contributed by atoms with van der Waals surface area (Å²) in [5.74, 6) is 0.369. The molecule has 0 saturated carbocycles. The second kappa shape index (κ2) is 6.03. The number of carbonyl (C=O) groups excluding carboxylic acids is 1. The molecule has 0 radical (unpaired) electrons. The van der Waals surface area contributed by atoms with E-state index in [1.807, 2.05) is 6.07 Å². The molecule has 23 heavy (non-hydrogen) atoms. The van der Waals surface area contributed by atoms with Crippen LogP contribution in [0.4, 0.5) is 0 Å². The number of nitrogens with one attached hydrogen (secondary N) is 1. The number of carbonyl (C=O) groups is 1. The fraction of sp³-hybridized carbons (Fsp3) is 0.0667. The van der Waals surface area contributed by atoms with Crippen molar-refractivity contribution < 1.29 is 9.53 Å². The lowest BCUT2D eigenvalue weighted by Gasteiger charge is -1.99. The molecule has 0 aromatic carbocycles. The van der Waals surface area contributed by atoms with E-state index in [-0.39, 0.29) is 11.4 Å². The topological polar surface area (TPSA) is 117 Å². The first-order chi connectivity index (χ1) is 11.2. The number of aromatic nitrogens is 5. The molecule has 0 amide bonds. The lowest BCUT2D eigenvalue weighted by Crippen LogP contribution is -2.03. The van der Waals surface area contributed by atoms with Crippen LogP contribution in [-0.2, 0) is 4.74 Å². The van der Waals surface area contributed by atoms with Gasteiger partial charge in [-0.1, -0.05) is 0 Å². The Balaban J connectivity index is 1.96. The van der Waals surface area contributed by atoms with Crippen LogP contribution in [0.25, 0.3) is 22.8 Å². The van der Waals surface area contributed by atoms with Gasteiger partial charge in [0.25, 0.3) is 0 Å². The number of hydrogen-bond donors (Lipinski definition) is 1. The van der Waals surface area contributed by atoms with E-state index in [2.05, 4.69) is 29.9 Å². The summed E-state index contributed by atoms with van der Waals surface area (Å²) in [4.78, 5) is 23.7. The molecule has 0 aliphatic rings. The Kier molecular flexibility index (Phi) is 3.76. The summed E-state index contributed by atoms with van der Waals surface area (Å²) in [6, 6.07) is 8.53. The molecule has 0 bridgehead atoms. The van der Waals surface area contributed by atoms with Gasteiger partial charge in [-0.15, -0.1) is 0 Å². The van der Waals surface area contributed by atoms with Crippen molar-refractivity contribution in [1.82, 2.24) is 25.1 Å². The van der Waals surface area contributed by atoms with Gasteiger partial charge in [0.05, 0.1) is 7.11 Å². The van der Waals surface area contributed by atoms with Crippen LogP contribution in [0.1, 0.15) is 16.2 Å². The number of ether oxygens (including phenoxy) is 1. The zero-order valence-electron chi connectivity index (χ0n) is 12.0. The number of aromatic amines is 1. The van der Waals surface area contributed by atoms with Crippen molar-refractivity contribution >= 4 is 5.97 Å². The van der Waals surface area contributed by atoms with Crippen LogP contribution in [0.5, 0.6) is 0 Å². The highest BCUT2D eigenvalue weighted by atomic mass is 16.5. The summed E-state index contributed by atoms with van der Waals surface area (Å²) in [5, 5.41) is 15.8. The van der Waals surface area contributed by atoms with Gasteiger partial charge in [0.15, 0.2) is 11.6 Å². The predicted molar refractivity (Wildman–Crippen MR) is 78.9 cm³/mol. The predicted octanol–water partition coefficient (Wildman–Crippen LogP) is 1.59. The summed E-state index contributed by atoms with van der Waals surface area (Å²) in [6.45, 7) is 0. The van der Waals surface area contributed by atoms with E-state index in [4.69, 9.17) is 5.26 Å². The monoisotopic (exact) mass is 306 g/mol. The summed E-state index contributed by atoms with van der Waals surface area (Å²) in [5.41, 5.74) is 1.78. The molecule has 0 aliphatic heterocycles. The maximum absolute atomic E-state index is 11.5. The zero-order chi connectivity index (χ0) is 16.2. The number of hydrogen-bond acceptors (Lipinski definition) is 7. The van der Waals surface area contributed by atoms with Crippen LogP contribution < -0.4 is 0 Å². The number of H-pyrrole nitrogens is 1. The standard InChI is InChI=1S/C15H10N6O2/c1-23-15(22)12-7-10(3-5-18-12)14-19-13(20-21-14)9-2-4-17-11(6-9)8-16/h2-7H,1H3,(H,19,20,21). The lowest BCUT2D eigenvalue weighted by molar-refractivity contribution is 0.0594. The summed E-state index contributed by atoms with van der Waals surface area (Å²) >= 11 is 0. The van der Waals surface area contributed by atoms with E-state index in [0.29, 0.717) is 22.8 Å². The van der Waals surface area contributed by atoms with E-state index in [1.54, 1.807) is 24.3 Å². The largest absolute Gasteiger partial charge is 0.464 e. The number of rotatable bonds is 3. The maximum Gasteiger partial charge on any atom is 0.356 e. The third-order valence-electron chi connectivity index (χ3n) is 3.05. The molecule has 3 heterocycles. The van der Waals surface area contributed by atoms with Crippen LogP contribution >= 0.6 is 0 Å². The minimum Gasteiger partial charge on any atom is -0.464 e. The Morgan fingerprint density at radius 3 is 2.78 bits per heavy atom. The van der Waals surface area contributed by atoms with Gasteiger partial charge in [0, 0.05) is 23.5 Å². The van der Waals surface area contributed by atoms with Crippen LogP contribution in [0, 0.1) is 11.3 Å². The molecule has 3 aromatic rings. The van der Waals surface area contributed by atoms with E-state index < -0.39 is 5.97 Å². The average Bonchev–Trinajstić information content (AvgIpc) is 3.11. The number of pyridine rings is 2. The van der Waals surface area contributed by atoms with Gasteiger partial charge in [0.2, 0.25) is 0 Å². The molecular formula is C15H10N6O2. The van der Waals surface area contributed by atoms with E-state index in [0.717, 1.165) is 0 Å². The van der Waals surface area contributed by atoms with Gasteiger partial charge in [0.1, 0.15) is 17.5 Å². The molecule has 1 N–H and O–H groups in total. The van der Waals surface area contributed by atoms with Crippen LogP contribution in [0.15, 0.2) is 36.7 Å². The molecule has 0 saturated heterocycles. The van der Waals surface area contributed by atoms with Crippen molar-refractivity contribution in [1.29, 1.82) is 5.26 Å². The maximum atomic E-state index is 11.5. The van der Waals surface area contributed by atoms with Crippen molar-refractivity contribution in [2.45, 2.75) is 0 Å². The third kappa shape index (κ3) is 2.89. The highest BCUT2D eigenvalue weighted by molar-refractivity contribution is 5.88. The minimum absolute atomic E-state index is 0.173. The second-order valence-corrected chi connectivity index (χ2v) is 4.47. The van der Waals surface area contributed by atoms with Crippen LogP contribution in [0.2, 0.25) is 0 Å². The average molecular weight is 306 g/mol. The molecule has 112 valence electrons. The normalized spacial score (nSPS) is 10.1. The number of nitrogens with zero attached hydrogens (tertiary/aromatic N) is 5. The Hall–Kier alpha value is -3.60. The van der Waals surface area contributed by atoms with Crippen molar-refractivity contribution in [3.8, 4) is 28.8 Å². The molecule has 3 aromatic heterocycles. The Bertz CT molecular complexity index is 912. The van der Waals surface area contributed by atoms with Crippen molar-refractivity contribution in [3.63, 3.8) is 0 Å². The number of esters is 1. The first-order valence-electron chi connectivity index (χ1n) is 6.55. The summed E-state index contributed by atoms with van der Waals surface area (Å²) in [6.07, 6.45) is 3.01. The molecule has 0 atom stereocenters. The molecular weight excluding hydrogens is 296 g/mol. The summed E-state index contributed by atoms with van der Waals surface area (Å²) in [7, 11) is 1.29. The van der Waals surface area contributed by atoms with Gasteiger partial charge in [-0.2, -0.15) is 10.4 Å². The van der Waals surface area contributed by atoms with Crippen LogP contribution in [-0.4, -0.2) is 38.2 Å². The quantitative estimate of drug-likeness (QED) is 0.730. The molecule has 0 fully saturated rings. The van der Waals surface area contributed by atoms with Gasteiger partial charge in [-0.25, -0.2) is 19.7 Å². The Morgan fingerprint density at radius 2 is 2.00 bits per heavy atom. The van der Waals surface area contributed by atoms with Crippen molar-refractivity contribution in [2.75, 3.05) is 7.11 Å². The zero-order valence-corrected chi connectivity index (χ0v) is 12.0. The Labute approximate surface area is 130 Å². The van der Waals surface area contributed by atoms with Gasteiger partial charge in [-0.05, 0) is 24.3 Å². The minimum atomic E-state index is -0.532. The van der Waals surface area contributed by atoms with Crippen LogP contribution in [0.3, 0.4) is 0 Å². The number of nitriles is 1. The fourth-order valence-corrected chi connectivity index (χ4v) is 1.94.